The number of carbonyl (C=O) groups excluding carboxylic acids is 1. The molecule has 2 unspecified atom stereocenters. The van der Waals surface area contributed by atoms with Gasteiger partial charge in [-0.15, -0.1) is 12.4 Å². The predicted molar refractivity (Wildman–Crippen MR) is 106 cm³/mol. The fourth-order valence-electron chi connectivity index (χ4n) is 3.23. The molecule has 3 rings (SSSR count). The summed E-state index contributed by atoms with van der Waals surface area (Å²) >= 11 is 12.3. The molecule has 3 N–H and O–H groups in total. The SMILES string of the molecule is Cl.NC1CCC(C(=O)NCc2ccccc2-c2ccc(Cl)cc2Cl)C1. The Bertz CT molecular complexity index is 751. The Labute approximate surface area is 164 Å². The van der Waals surface area contributed by atoms with E-state index in [2.05, 4.69) is 5.32 Å². The molecule has 0 bridgehead atoms. The third-order valence-electron chi connectivity index (χ3n) is 4.54. The summed E-state index contributed by atoms with van der Waals surface area (Å²) in [4.78, 5) is 12.3. The van der Waals surface area contributed by atoms with Crippen molar-refractivity contribution in [3.05, 3.63) is 58.1 Å². The number of nitrogens with two attached hydrogens (primary N) is 1. The Morgan fingerprint density at radius 3 is 2.56 bits per heavy atom. The molecule has 2 aromatic carbocycles. The first-order chi connectivity index (χ1) is 11.5. The number of hydrogen-bond donors (Lipinski definition) is 2. The Hall–Kier alpha value is -1.26. The van der Waals surface area contributed by atoms with Crippen molar-refractivity contribution in [2.45, 2.75) is 31.8 Å². The first-order valence-electron chi connectivity index (χ1n) is 8.11. The molecular weight excluding hydrogens is 379 g/mol. The predicted octanol–water partition coefficient (Wildman–Crippen LogP) is 4.83. The summed E-state index contributed by atoms with van der Waals surface area (Å²) in [5.41, 5.74) is 8.83. The van der Waals surface area contributed by atoms with Gasteiger partial charge in [-0.2, -0.15) is 0 Å². The molecule has 0 aromatic heterocycles. The molecule has 25 heavy (non-hydrogen) atoms. The van der Waals surface area contributed by atoms with Gasteiger partial charge in [-0.05, 0) is 42.5 Å². The third kappa shape index (κ3) is 4.89. The molecule has 1 aliphatic rings. The summed E-state index contributed by atoms with van der Waals surface area (Å²) in [7, 11) is 0. The van der Waals surface area contributed by atoms with Crippen molar-refractivity contribution in [2.24, 2.45) is 11.7 Å². The molecule has 0 heterocycles. The molecule has 0 spiro atoms. The van der Waals surface area contributed by atoms with Gasteiger partial charge in [0.15, 0.2) is 0 Å². The zero-order valence-electron chi connectivity index (χ0n) is 13.7. The Morgan fingerprint density at radius 1 is 1.12 bits per heavy atom. The van der Waals surface area contributed by atoms with Gasteiger partial charge in [0.2, 0.25) is 5.91 Å². The van der Waals surface area contributed by atoms with Gasteiger partial charge in [0.05, 0.1) is 0 Å². The number of carbonyl (C=O) groups is 1. The van der Waals surface area contributed by atoms with Crippen LogP contribution in [0.4, 0.5) is 0 Å². The van der Waals surface area contributed by atoms with E-state index in [1.54, 1.807) is 6.07 Å². The van der Waals surface area contributed by atoms with Crippen LogP contribution >= 0.6 is 35.6 Å². The number of hydrogen-bond acceptors (Lipinski definition) is 2. The monoisotopic (exact) mass is 398 g/mol. The lowest BCUT2D eigenvalue weighted by Gasteiger charge is -2.14. The van der Waals surface area contributed by atoms with Gasteiger partial charge in [-0.1, -0.05) is 53.5 Å². The third-order valence-corrected chi connectivity index (χ3v) is 5.08. The molecule has 1 amide bonds. The van der Waals surface area contributed by atoms with Crippen LogP contribution < -0.4 is 11.1 Å². The van der Waals surface area contributed by atoms with Gasteiger partial charge in [-0.3, -0.25) is 4.79 Å². The van der Waals surface area contributed by atoms with Crippen LogP contribution in [0.25, 0.3) is 11.1 Å². The summed E-state index contributed by atoms with van der Waals surface area (Å²) in [6.07, 6.45) is 2.57. The van der Waals surface area contributed by atoms with Gasteiger partial charge in [-0.25, -0.2) is 0 Å². The van der Waals surface area contributed by atoms with Crippen LogP contribution in [0.5, 0.6) is 0 Å². The molecule has 3 nitrogen and oxygen atoms in total. The van der Waals surface area contributed by atoms with E-state index in [1.807, 2.05) is 36.4 Å². The van der Waals surface area contributed by atoms with Crippen molar-refractivity contribution in [3.8, 4) is 11.1 Å². The van der Waals surface area contributed by atoms with E-state index in [1.165, 1.54) is 0 Å². The van der Waals surface area contributed by atoms with E-state index < -0.39 is 0 Å². The van der Waals surface area contributed by atoms with Gasteiger partial charge < -0.3 is 11.1 Å². The minimum absolute atomic E-state index is 0. The Kier molecular flexibility index (Phi) is 7.14. The van der Waals surface area contributed by atoms with E-state index in [9.17, 15) is 4.79 Å². The van der Waals surface area contributed by atoms with Crippen LogP contribution in [0.2, 0.25) is 10.0 Å². The van der Waals surface area contributed by atoms with Gasteiger partial charge in [0.25, 0.3) is 0 Å². The average Bonchev–Trinajstić information content (AvgIpc) is 3.00. The zero-order valence-corrected chi connectivity index (χ0v) is 16.0. The van der Waals surface area contributed by atoms with Crippen molar-refractivity contribution in [3.63, 3.8) is 0 Å². The second-order valence-corrected chi connectivity index (χ2v) is 7.11. The lowest BCUT2D eigenvalue weighted by atomic mass is 9.99. The van der Waals surface area contributed by atoms with Crippen LogP contribution in [0.1, 0.15) is 24.8 Å². The molecule has 1 saturated carbocycles. The summed E-state index contributed by atoms with van der Waals surface area (Å²) in [6.45, 7) is 0.472. The highest BCUT2D eigenvalue weighted by Gasteiger charge is 2.27. The summed E-state index contributed by atoms with van der Waals surface area (Å²) < 4.78 is 0. The fraction of sp³-hybridized carbons (Fsp3) is 0.316. The molecule has 1 fully saturated rings. The van der Waals surface area contributed by atoms with Crippen LogP contribution in [-0.2, 0) is 11.3 Å². The van der Waals surface area contributed by atoms with Crippen molar-refractivity contribution < 1.29 is 4.79 Å². The fourth-order valence-corrected chi connectivity index (χ4v) is 3.74. The van der Waals surface area contributed by atoms with Crippen molar-refractivity contribution in [2.75, 3.05) is 0 Å². The number of nitrogens with one attached hydrogen (secondary N) is 1. The molecule has 1 aliphatic carbocycles. The summed E-state index contributed by atoms with van der Waals surface area (Å²) in [5, 5.41) is 4.24. The van der Waals surface area contributed by atoms with Gasteiger partial charge >= 0.3 is 0 Å². The lowest BCUT2D eigenvalue weighted by Crippen LogP contribution is -2.30. The molecule has 2 aromatic rings. The topological polar surface area (TPSA) is 55.1 Å². The highest BCUT2D eigenvalue weighted by molar-refractivity contribution is 6.36. The Morgan fingerprint density at radius 2 is 1.88 bits per heavy atom. The van der Waals surface area contributed by atoms with Crippen LogP contribution in [0, 0.1) is 5.92 Å². The minimum Gasteiger partial charge on any atom is -0.352 e. The minimum atomic E-state index is 0. The number of rotatable bonds is 4. The molecule has 0 saturated heterocycles. The van der Waals surface area contributed by atoms with Crippen LogP contribution in [0.3, 0.4) is 0 Å². The molecule has 6 heteroatoms. The van der Waals surface area contributed by atoms with Crippen LogP contribution in [0.15, 0.2) is 42.5 Å². The smallest absolute Gasteiger partial charge is 0.223 e. The zero-order chi connectivity index (χ0) is 17.1. The average molecular weight is 400 g/mol. The standard InChI is InChI=1S/C19H20Cl2N2O.ClH/c20-14-6-8-17(18(21)10-14)16-4-2-1-3-13(16)11-23-19(24)12-5-7-15(22)9-12;/h1-4,6,8,10,12,15H,5,7,9,11,22H2,(H,23,24);1H. The summed E-state index contributed by atoms with van der Waals surface area (Å²) in [6, 6.07) is 13.5. The van der Waals surface area contributed by atoms with Crippen molar-refractivity contribution >= 4 is 41.5 Å². The second-order valence-electron chi connectivity index (χ2n) is 6.27. The molecule has 2 atom stereocenters. The summed E-state index contributed by atoms with van der Waals surface area (Å²) in [5.74, 6) is 0.117. The van der Waals surface area contributed by atoms with Gasteiger partial charge in [0.1, 0.15) is 0 Å². The van der Waals surface area contributed by atoms with Crippen molar-refractivity contribution in [1.82, 2.24) is 5.32 Å². The number of benzene rings is 2. The maximum absolute atomic E-state index is 12.3. The van der Waals surface area contributed by atoms with E-state index in [0.29, 0.717) is 16.6 Å². The first kappa shape index (κ1) is 20.1. The maximum atomic E-state index is 12.3. The van der Waals surface area contributed by atoms with E-state index >= 15 is 0 Å². The molecule has 0 aliphatic heterocycles. The molecular formula is C19H21Cl3N2O. The Balaban J connectivity index is 0.00000225. The lowest BCUT2D eigenvalue weighted by molar-refractivity contribution is -0.125. The normalized spacial score (nSPS) is 19.3. The highest BCUT2D eigenvalue weighted by atomic mass is 35.5. The van der Waals surface area contributed by atoms with Crippen molar-refractivity contribution in [1.29, 1.82) is 0 Å². The van der Waals surface area contributed by atoms with E-state index in [-0.39, 0.29) is 30.3 Å². The second kappa shape index (κ2) is 8.91. The van der Waals surface area contributed by atoms with Crippen LogP contribution in [-0.4, -0.2) is 11.9 Å². The molecule has 0 radical (unpaired) electrons. The van der Waals surface area contributed by atoms with E-state index in [4.69, 9.17) is 28.9 Å². The highest BCUT2D eigenvalue weighted by Crippen LogP contribution is 2.32. The largest absolute Gasteiger partial charge is 0.352 e. The first-order valence-corrected chi connectivity index (χ1v) is 8.87. The molecule has 134 valence electrons. The number of amides is 1. The maximum Gasteiger partial charge on any atom is 0.223 e. The van der Waals surface area contributed by atoms with E-state index in [0.717, 1.165) is 36.0 Å². The number of halogens is 3. The quantitative estimate of drug-likeness (QED) is 0.774. The van der Waals surface area contributed by atoms with Gasteiger partial charge in [0, 0.05) is 34.1 Å².